The lowest BCUT2D eigenvalue weighted by Crippen LogP contribution is -2.14. The van der Waals surface area contributed by atoms with E-state index in [9.17, 15) is 14.9 Å². The summed E-state index contributed by atoms with van der Waals surface area (Å²) in [6.07, 6.45) is 0. The van der Waals surface area contributed by atoms with E-state index in [0.717, 1.165) is 0 Å². The highest BCUT2D eigenvalue weighted by atomic mass is 35.5. The first-order chi connectivity index (χ1) is 12.4. The lowest BCUT2D eigenvalue weighted by molar-refractivity contribution is -0.384. The van der Waals surface area contributed by atoms with E-state index in [0.29, 0.717) is 17.3 Å². The number of aromatic nitrogens is 2. The van der Waals surface area contributed by atoms with Gasteiger partial charge in [-0.25, -0.2) is 4.68 Å². The zero-order valence-corrected chi connectivity index (χ0v) is 14.8. The third-order valence-electron chi connectivity index (χ3n) is 3.51. The van der Waals surface area contributed by atoms with Crippen LogP contribution in [0.1, 0.15) is 0 Å². The number of methoxy groups -OCH3 is 1. The Morgan fingerprint density at radius 1 is 1.19 bits per heavy atom. The number of benzene rings is 2. The molecule has 0 aliphatic heterocycles. The second-order valence-electron chi connectivity index (χ2n) is 5.22. The Morgan fingerprint density at radius 3 is 2.50 bits per heavy atom. The van der Waals surface area contributed by atoms with Gasteiger partial charge in [-0.1, -0.05) is 29.3 Å². The average molecular weight is 395 g/mol. The topological polar surface area (TPSA) is 102 Å². The van der Waals surface area contributed by atoms with Gasteiger partial charge in [0.1, 0.15) is 17.3 Å². The van der Waals surface area contributed by atoms with E-state index in [1.165, 1.54) is 48.2 Å². The Kier molecular flexibility index (Phi) is 4.88. The first-order valence-electron chi connectivity index (χ1n) is 7.26. The molecule has 8 nitrogen and oxygen atoms in total. The molecule has 0 fully saturated rings. The van der Waals surface area contributed by atoms with Crippen molar-refractivity contribution < 1.29 is 9.66 Å². The molecule has 0 amide bonds. The van der Waals surface area contributed by atoms with Gasteiger partial charge in [-0.15, -0.1) is 0 Å². The third kappa shape index (κ3) is 3.51. The molecule has 26 heavy (non-hydrogen) atoms. The summed E-state index contributed by atoms with van der Waals surface area (Å²) in [7, 11) is 1.48. The lowest BCUT2D eigenvalue weighted by Gasteiger charge is -2.10. The maximum atomic E-state index is 12.3. The highest BCUT2D eigenvalue weighted by molar-refractivity contribution is 6.38. The SMILES string of the molecule is COc1cc(Cl)c(-n2[nH]c(Nc3cccc([N+](=O)[O-])c3)cc2=O)c(Cl)c1. The summed E-state index contributed by atoms with van der Waals surface area (Å²) in [5.74, 6) is 0.775. The van der Waals surface area contributed by atoms with E-state index < -0.39 is 10.5 Å². The molecule has 0 spiro atoms. The maximum absolute atomic E-state index is 12.3. The van der Waals surface area contributed by atoms with Crippen LogP contribution in [0, 0.1) is 10.1 Å². The van der Waals surface area contributed by atoms with Crippen LogP contribution in [0.5, 0.6) is 5.75 Å². The Labute approximate surface area is 157 Å². The van der Waals surface area contributed by atoms with E-state index in [1.54, 1.807) is 6.07 Å². The van der Waals surface area contributed by atoms with Crippen molar-refractivity contribution in [2.75, 3.05) is 12.4 Å². The van der Waals surface area contributed by atoms with Crippen molar-refractivity contribution in [3.63, 3.8) is 0 Å². The van der Waals surface area contributed by atoms with Crippen molar-refractivity contribution in [3.05, 3.63) is 73.0 Å². The lowest BCUT2D eigenvalue weighted by atomic mass is 10.3. The van der Waals surface area contributed by atoms with Gasteiger partial charge in [0.15, 0.2) is 0 Å². The van der Waals surface area contributed by atoms with Gasteiger partial charge in [0.05, 0.1) is 22.1 Å². The summed E-state index contributed by atoms with van der Waals surface area (Å²) in [5, 5.41) is 17.0. The number of H-pyrrole nitrogens is 1. The summed E-state index contributed by atoms with van der Waals surface area (Å²) in [4.78, 5) is 22.6. The van der Waals surface area contributed by atoms with Crippen LogP contribution in [0.4, 0.5) is 17.2 Å². The van der Waals surface area contributed by atoms with Crippen molar-refractivity contribution >= 4 is 40.4 Å². The van der Waals surface area contributed by atoms with E-state index in [-0.39, 0.29) is 21.4 Å². The zero-order valence-electron chi connectivity index (χ0n) is 13.3. The van der Waals surface area contributed by atoms with Gasteiger partial charge in [-0.2, -0.15) is 0 Å². The average Bonchev–Trinajstić information content (AvgIpc) is 2.94. The standard InChI is InChI=1S/C16H12Cl2N4O4/c1-26-11-6-12(17)16(13(18)7-11)21-15(23)8-14(20-21)19-9-3-2-4-10(5-9)22(24)25/h2-8,19-20H,1H3. The van der Waals surface area contributed by atoms with Gasteiger partial charge >= 0.3 is 0 Å². The molecule has 10 heteroatoms. The second kappa shape index (κ2) is 7.11. The number of nitrogens with zero attached hydrogens (tertiary/aromatic N) is 2. The molecule has 134 valence electrons. The van der Waals surface area contributed by atoms with Crippen LogP contribution in [0.15, 0.2) is 47.3 Å². The quantitative estimate of drug-likeness (QED) is 0.500. The predicted octanol–water partition coefficient (Wildman–Crippen LogP) is 4.13. The third-order valence-corrected chi connectivity index (χ3v) is 4.08. The van der Waals surface area contributed by atoms with E-state index in [1.807, 2.05) is 0 Å². The number of nitro benzene ring substituents is 1. The summed E-state index contributed by atoms with van der Waals surface area (Å²) in [5.41, 5.74) is 0.232. The molecule has 0 unspecified atom stereocenters. The molecule has 0 bridgehead atoms. The number of anilines is 2. The number of rotatable bonds is 5. The number of hydrogen-bond donors (Lipinski definition) is 2. The molecule has 0 atom stereocenters. The Balaban J connectivity index is 1.97. The number of nitro groups is 1. The number of aromatic amines is 1. The van der Waals surface area contributed by atoms with Crippen LogP contribution in [-0.2, 0) is 0 Å². The van der Waals surface area contributed by atoms with Crippen molar-refractivity contribution in [3.8, 4) is 11.4 Å². The summed E-state index contributed by atoms with van der Waals surface area (Å²) in [6.45, 7) is 0. The summed E-state index contributed by atoms with van der Waals surface area (Å²) in [6, 6.07) is 10.2. The molecular weight excluding hydrogens is 383 g/mol. The fourth-order valence-corrected chi connectivity index (χ4v) is 2.99. The highest BCUT2D eigenvalue weighted by Crippen LogP contribution is 2.32. The van der Waals surface area contributed by atoms with Crippen LogP contribution < -0.4 is 15.6 Å². The Hall–Kier alpha value is -2.97. The van der Waals surface area contributed by atoms with E-state index in [4.69, 9.17) is 27.9 Å². The number of halogens is 2. The predicted molar refractivity (Wildman–Crippen MR) is 99.3 cm³/mol. The van der Waals surface area contributed by atoms with Crippen molar-refractivity contribution in [2.45, 2.75) is 0 Å². The monoisotopic (exact) mass is 394 g/mol. The Morgan fingerprint density at radius 2 is 1.88 bits per heavy atom. The molecule has 0 aliphatic carbocycles. The molecular formula is C16H12Cl2N4O4. The number of nitrogens with one attached hydrogen (secondary N) is 2. The molecule has 0 saturated heterocycles. The summed E-state index contributed by atoms with van der Waals surface area (Å²) < 4.78 is 6.25. The first-order valence-corrected chi connectivity index (χ1v) is 8.01. The van der Waals surface area contributed by atoms with Crippen LogP contribution >= 0.6 is 23.2 Å². The van der Waals surface area contributed by atoms with Crippen LogP contribution in [0.25, 0.3) is 5.69 Å². The Bertz CT molecular complexity index is 1020. The van der Waals surface area contributed by atoms with Crippen LogP contribution in [-0.4, -0.2) is 21.8 Å². The van der Waals surface area contributed by atoms with Crippen LogP contribution in [0.2, 0.25) is 10.0 Å². The van der Waals surface area contributed by atoms with E-state index >= 15 is 0 Å². The van der Waals surface area contributed by atoms with Gasteiger partial charge in [0.2, 0.25) is 0 Å². The minimum absolute atomic E-state index is 0.0713. The second-order valence-corrected chi connectivity index (χ2v) is 6.03. The van der Waals surface area contributed by atoms with Gasteiger partial charge in [0, 0.05) is 36.0 Å². The molecule has 0 aliphatic rings. The zero-order chi connectivity index (χ0) is 18.8. The fraction of sp³-hybridized carbons (Fsp3) is 0.0625. The largest absolute Gasteiger partial charge is 0.497 e. The molecule has 3 rings (SSSR count). The maximum Gasteiger partial charge on any atom is 0.273 e. The van der Waals surface area contributed by atoms with Crippen molar-refractivity contribution in [2.24, 2.45) is 0 Å². The van der Waals surface area contributed by atoms with Gasteiger partial charge in [-0.05, 0) is 6.07 Å². The van der Waals surface area contributed by atoms with Crippen LogP contribution in [0.3, 0.4) is 0 Å². The number of non-ortho nitro benzene ring substituents is 1. The molecule has 0 radical (unpaired) electrons. The highest BCUT2D eigenvalue weighted by Gasteiger charge is 2.15. The molecule has 1 heterocycles. The summed E-state index contributed by atoms with van der Waals surface area (Å²) >= 11 is 12.4. The van der Waals surface area contributed by atoms with Gasteiger partial charge in [-0.3, -0.25) is 20.0 Å². The number of hydrogen-bond acceptors (Lipinski definition) is 5. The van der Waals surface area contributed by atoms with Gasteiger partial charge < -0.3 is 10.1 Å². The first kappa shape index (κ1) is 17.8. The van der Waals surface area contributed by atoms with Gasteiger partial charge in [0.25, 0.3) is 11.2 Å². The van der Waals surface area contributed by atoms with E-state index in [2.05, 4.69) is 10.4 Å². The molecule has 1 aromatic heterocycles. The fourth-order valence-electron chi connectivity index (χ4n) is 2.35. The minimum Gasteiger partial charge on any atom is -0.497 e. The van der Waals surface area contributed by atoms with Crippen molar-refractivity contribution in [1.82, 2.24) is 9.78 Å². The van der Waals surface area contributed by atoms with Crippen molar-refractivity contribution in [1.29, 1.82) is 0 Å². The normalized spacial score (nSPS) is 10.6. The molecule has 3 aromatic rings. The molecule has 0 saturated carbocycles. The minimum atomic E-state index is -0.504. The smallest absolute Gasteiger partial charge is 0.273 e. The number of ether oxygens (including phenoxy) is 1. The molecule has 2 aromatic carbocycles. The molecule has 2 N–H and O–H groups in total.